The van der Waals surface area contributed by atoms with Crippen LogP contribution in [0.25, 0.3) is 10.1 Å². The maximum absolute atomic E-state index is 13.0. The summed E-state index contributed by atoms with van der Waals surface area (Å²) in [5.41, 5.74) is 0.889. The molecule has 1 amide bonds. The van der Waals surface area contributed by atoms with Gasteiger partial charge < -0.3 is 10.2 Å². The minimum Gasteiger partial charge on any atom is -0.334 e. The lowest BCUT2D eigenvalue weighted by Crippen LogP contribution is -2.46. The lowest BCUT2D eigenvalue weighted by atomic mass is 10.0. The molecule has 2 aliphatic rings. The van der Waals surface area contributed by atoms with Crippen molar-refractivity contribution in [2.24, 2.45) is 0 Å². The predicted octanol–water partition coefficient (Wildman–Crippen LogP) is 3.26. The van der Waals surface area contributed by atoms with Gasteiger partial charge in [0.2, 0.25) is 0 Å². The summed E-state index contributed by atoms with van der Waals surface area (Å²) in [5.74, 6) is 0.226. The van der Waals surface area contributed by atoms with Gasteiger partial charge in [0.05, 0.1) is 5.56 Å². The van der Waals surface area contributed by atoms with E-state index >= 15 is 0 Å². The lowest BCUT2D eigenvalue weighted by Gasteiger charge is -2.29. The van der Waals surface area contributed by atoms with Gasteiger partial charge in [0.15, 0.2) is 0 Å². The number of nitrogens with one attached hydrogen (secondary N) is 1. The van der Waals surface area contributed by atoms with E-state index in [-0.39, 0.29) is 5.91 Å². The van der Waals surface area contributed by atoms with E-state index in [1.165, 1.54) is 17.5 Å². The quantitative estimate of drug-likeness (QED) is 0.923. The number of carbonyl (C=O) groups is 1. The third-order valence-corrected chi connectivity index (χ3v) is 5.80. The smallest absolute Gasteiger partial charge is 0.255 e. The van der Waals surface area contributed by atoms with E-state index < -0.39 is 0 Å². The van der Waals surface area contributed by atoms with Crippen molar-refractivity contribution in [3.8, 4) is 0 Å². The van der Waals surface area contributed by atoms with Gasteiger partial charge in [-0.15, -0.1) is 11.3 Å². The van der Waals surface area contributed by atoms with E-state index in [1.807, 2.05) is 17.5 Å². The average molecular weight is 300 g/mol. The highest BCUT2D eigenvalue weighted by Crippen LogP contribution is 2.31. The predicted molar refractivity (Wildman–Crippen MR) is 86.9 cm³/mol. The van der Waals surface area contributed by atoms with Crippen molar-refractivity contribution >= 4 is 27.3 Å². The van der Waals surface area contributed by atoms with Crippen LogP contribution in [0.4, 0.5) is 0 Å². The van der Waals surface area contributed by atoms with Crippen molar-refractivity contribution in [1.29, 1.82) is 0 Å². The van der Waals surface area contributed by atoms with Crippen LogP contribution in [0.1, 0.15) is 36.0 Å². The van der Waals surface area contributed by atoms with Gasteiger partial charge >= 0.3 is 0 Å². The maximum atomic E-state index is 13.0. The second kappa shape index (κ2) is 5.43. The molecule has 1 N–H and O–H groups in total. The minimum atomic E-state index is 0.226. The highest BCUT2D eigenvalue weighted by atomic mass is 32.1. The maximum Gasteiger partial charge on any atom is 0.255 e. The number of likely N-dealkylation sites (tertiary alicyclic amines) is 1. The number of hydrogen-bond acceptors (Lipinski definition) is 3. The Hall–Kier alpha value is -1.39. The van der Waals surface area contributed by atoms with Gasteiger partial charge in [-0.05, 0) is 38.3 Å². The second-order valence-corrected chi connectivity index (χ2v) is 6.97. The number of nitrogens with zero attached hydrogens (tertiary/aromatic N) is 1. The molecule has 2 fully saturated rings. The van der Waals surface area contributed by atoms with Crippen molar-refractivity contribution < 1.29 is 4.79 Å². The topological polar surface area (TPSA) is 32.3 Å². The summed E-state index contributed by atoms with van der Waals surface area (Å²) < 4.78 is 1.20. The van der Waals surface area contributed by atoms with Crippen molar-refractivity contribution in [2.45, 2.75) is 37.8 Å². The molecule has 0 spiro atoms. The first-order chi connectivity index (χ1) is 10.3. The summed E-state index contributed by atoms with van der Waals surface area (Å²) in [7, 11) is 0. The third-order valence-electron chi connectivity index (χ3n) is 4.83. The summed E-state index contributed by atoms with van der Waals surface area (Å²) in [4.78, 5) is 15.1. The molecular formula is C17H20N2OS. The van der Waals surface area contributed by atoms with Crippen LogP contribution in [-0.2, 0) is 0 Å². The zero-order valence-electron chi connectivity index (χ0n) is 12.0. The van der Waals surface area contributed by atoms with Crippen LogP contribution in [0, 0.1) is 0 Å². The summed E-state index contributed by atoms with van der Waals surface area (Å²) in [6, 6.07) is 9.11. The zero-order chi connectivity index (χ0) is 14.2. The molecule has 2 atom stereocenters. The molecule has 1 aromatic heterocycles. The number of fused-ring (bicyclic) bond motifs is 1. The first-order valence-electron chi connectivity index (χ1n) is 7.85. The van der Waals surface area contributed by atoms with E-state index in [0.717, 1.165) is 36.9 Å². The number of amides is 1. The molecule has 110 valence electrons. The van der Waals surface area contributed by atoms with Crippen LogP contribution in [0.2, 0.25) is 0 Å². The highest BCUT2D eigenvalue weighted by Gasteiger charge is 2.36. The molecule has 3 heterocycles. The first kappa shape index (κ1) is 13.3. The SMILES string of the molecule is O=C(c1csc2ccccc12)N1CCCC1C1CCCN1. The second-order valence-electron chi connectivity index (χ2n) is 6.06. The molecule has 3 nitrogen and oxygen atoms in total. The molecule has 21 heavy (non-hydrogen) atoms. The summed E-state index contributed by atoms with van der Waals surface area (Å²) in [6.45, 7) is 2.01. The fourth-order valence-electron chi connectivity index (χ4n) is 3.80. The van der Waals surface area contributed by atoms with Crippen LogP contribution in [0.3, 0.4) is 0 Å². The van der Waals surface area contributed by atoms with Crippen molar-refractivity contribution in [2.75, 3.05) is 13.1 Å². The average Bonchev–Trinajstić information content (AvgIpc) is 3.25. The van der Waals surface area contributed by atoms with Gasteiger partial charge in [-0.25, -0.2) is 0 Å². The molecule has 2 aromatic rings. The molecule has 0 saturated carbocycles. The summed E-state index contributed by atoms with van der Waals surface area (Å²) in [6.07, 6.45) is 4.73. The molecule has 2 aliphatic heterocycles. The summed E-state index contributed by atoms with van der Waals surface area (Å²) in [5, 5.41) is 6.72. The normalized spacial score (nSPS) is 25.8. The fourth-order valence-corrected chi connectivity index (χ4v) is 4.74. The van der Waals surface area contributed by atoms with Gasteiger partial charge in [-0.2, -0.15) is 0 Å². The van der Waals surface area contributed by atoms with Gasteiger partial charge in [-0.1, -0.05) is 18.2 Å². The largest absolute Gasteiger partial charge is 0.334 e. The number of hydrogen-bond donors (Lipinski definition) is 1. The van der Waals surface area contributed by atoms with E-state index in [4.69, 9.17) is 0 Å². The minimum absolute atomic E-state index is 0.226. The molecule has 1 aromatic carbocycles. The Morgan fingerprint density at radius 3 is 3.00 bits per heavy atom. The van der Waals surface area contributed by atoms with Crippen molar-refractivity contribution in [3.63, 3.8) is 0 Å². The van der Waals surface area contributed by atoms with E-state index in [1.54, 1.807) is 11.3 Å². The zero-order valence-corrected chi connectivity index (χ0v) is 12.9. The Morgan fingerprint density at radius 2 is 2.14 bits per heavy atom. The third kappa shape index (κ3) is 2.27. The molecule has 0 bridgehead atoms. The van der Waals surface area contributed by atoms with E-state index in [2.05, 4.69) is 22.3 Å². The van der Waals surface area contributed by atoms with E-state index in [0.29, 0.717) is 12.1 Å². The first-order valence-corrected chi connectivity index (χ1v) is 8.73. The van der Waals surface area contributed by atoms with Crippen LogP contribution < -0.4 is 5.32 Å². The molecule has 4 heteroatoms. The Morgan fingerprint density at radius 1 is 1.24 bits per heavy atom. The van der Waals surface area contributed by atoms with Crippen molar-refractivity contribution in [3.05, 3.63) is 35.2 Å². The Balaban J connectivity index is 1.64. The fraction of sp³-hybridized carbons (Fsp3) is 0.471. The molecule has 4 rings (SSSR count). The molecule has 0 aliphatic carbocycles. The number of thiophene rings is 1. The lowest BCUT2D eigenvalue weighted by molar-refractivity contribution is 0.0714. The van der Waals surface area contributed by atoms with E-state index in [9.17, 15) is 4.79 Å². The Labute approximate surface area is 128 Å². The number of benzene rings is 1. The van der Waals surface area contributed by atoms with Crippen LogP contribution in [-0.4, -0.2) is 36.0 Å². The van der Waals surface area contributed by atoms with Gasteiger partial charge in [0, 0.05) is 34.1 Å². The monoisotopic (exact) mass is 300 g/mol. The number of carbonyl (C=O) groups excluding carboxylic acids is 1. The van der Waals surface area contributed by atoms with Crippen LogP contribution in [0.15, 0.2) is 29.6 Å². The van der Waals surface area contributed by atoms with Crippen LogP contribution >= 0.6 is 11.3 Å². The molecule has 2 unspecified atom stereocenters. The van der Waals surface area contributed by atoms with Gasteiger partial charge in [-0.3, -0.25) is 4.79 Å². The Kier molecular flexibility index (Phi) is 3.43. The van der Waals surface area contributed by atoms with Gasteiger partial charge in [0.25, 0.3) is 5.91 Å². The number of rotatable bonds is 2. The highest BCUT2D eigenvalue weighted by molar-refractivity contribution is 7.17. The standard InChI is InChI=1S/C17H20N2OS/c20-17(13-11-21-16-8-2-1-5-12(13)16)19-10-4-7-15(19)14-6-3-9-18-14/h1-2,5,8,11,14-15,18H,3-4,6-7,9-10H2. The van der Waals surface area contributed by atoms with Gasteiger partial charge in [0.1, 0.15) is 0 Å². The summed E-state index contributed by atoms with van der Waals surface area (Å²) >= 11 is 1.67. The van der Waals surface area contributed by atoms with Crippen molar-refractivity contribution in [1.82, 2.24) is 10.2 Å². The molecule has 2 saturated heterocycles. The van der Waals surface area contributed by atoms with Crippen LogP contribution in [0.5, 0.6) is 0 Å². The molecular weight excluding hydrogens is 280 g/mol. The Bertz CT molecular complexity index is 660. The molecule has 0 radical (unpaired) electrons.